The van der Waals surface area contributed by atoms with Crippen LogP contribution in [0.15, 0.2) is 110 Å². The molecule has 51 heavy (non-hydrogen) atoms. The molecule has 8 nitrogen and oxygen atoms in total. The number of rotatable bonds is 9. The Bertz CT molecular complexity index is 2270. The quantitative estimate of drug-likeness (QED) is 0.134. The van der Waals surface area contributed by atoms with Crippen LogP contribution in [0.25, 0.3) is 50.3 Å². The van der Waals surface area contributed by atoms with Gasteiger partial charge in [0.15, 0.2) is 0 Å². The van der Waals surface area contributed by atoms with E-state index in [0.29, 0.717) is 28.9 Å². The van der Waals surface area contributed by atoms with Gasteiger partial charge in [-0.05, 0) is 36.4 Å². The van der Waals surface area contributed by atoms with Gasteiger partial charge in [0.05, 0.1) is 0 Å². The molecular weight excluding hydrogens is 999 g/mol. The van der Waals surface area contributed by atoms with Crippen molar-refractivity contribution in [2.45, 2.75) is 26.7 Å². The van der Waals surface area contributed by atoms with Crippen molar-refractivity contribution in [1.29, 1.82) is 0 Å². The largest absolute Gasteiger partial charge is 2.00 e. The van der Waals surface area contributed by atoms with E-state index in [2.05, 4.69) is 75.2 Å². The van der Waals surface area contributed by atoms with Crippen LogP contribution in [0.1, 0.15) is 25.0 Å². The van der Waals surface area contributed by atoms with E-state index in [4.69, 9.17) is 9.47 Å². The van der Waals surface area contributed by atoms with E-state index >= 15 is 0 Å². The summed E-state index contributed by atoms with van der Waals surface area (Å²) >= 11 is 0. The van der Waals surface area contributed by atoms with Crippen molar-refractivity contribution >= 4 is 21.8 Å². The van der Waals surface area contributed by atoms with Gasteiger partial charge in [-0.15, -0.1) is 58.7 Å². The first kappa shape index (κ1) is 35.8. The molecule has 0 amide bonds. The summed E-state index contributed by atoms with van der Waals surface area (Å²) in [6, 6.07) is 41.4. The Labute approximate surface area is 324 Å². The van der Waals surface area contributed by atoms with Crippen LogP contribution in [0.2, 0.25) is 0 Å². The van der Waals surface area contributed by atoms with Gasteiger partial charge in [-0.25, -0.2) is 15.0 Å². The second-order valence-corrected chi connectivity index (χ2v) is 11.3. The van der Waals surface area contributed by atoms with E-state index in [-0.39, 0.29) is 42.1 Å². The SMILES string of the molecule is CCc1cc(Oc2[c-]c3c(cc2)c2ccc(Oc4[c-]c(-c5ccccn5)cc(CC)c4)[c-]c2n3-c2ncncn2)[c-]c(-c2ccccn2)c1.[Pt+2].[Pt+2]. The molecule has 10 heteroatoms. The third kappa shape index (κ3) is 7.53. The summed E-state index contributed by atoms with van der Waals surface area (Å²) in [5, 5.41) is 1.87. The number of hydrogen-bond donors (Lipinski definition) is 0. The molecular formula is C41H28N6O2Pt2. The number of hydrogen-bond acceptors (Lipinski definition) is 7. The van der Waals surface area contributed by atoms with E-state index in [0.717, 1.165) is 68.3 Å². The van der Waals surface area contributed by atoms with E-state index in [9.17, 15) is 0 Å². The molecule has 0 saturated carbocycles. The standard InChI is InChI=1S/C41H28N6O2.2Pt/c1-3-27-17-29(37-9-5-7-15-43-37)21-33(19-27)48-31-11-13-35-36-14-12-32(24-40(36)47(39(35)23-31)41-45-25-42-26-46-41)49-34-20-28(4-2)18-30(22-34)38-10-6-8-16-44-38;;/h5-20,25-26H,3-4H2,1-2H3;;/q-4;2*+2. The number of aryl methyl sites for hydroxylation is 2. The predicted octanol–water partition coefficient (Wildman–Crippen LogP) is 9.00. The zero-order chi connectivity index (χ0) is 33.2. The third-order valence-electron chi connectivity index (χ3n) is 8.16. The minimum absolute atomic E-state index is 0. The monoisotopic (exact) mass is 1030 g/mol. The van der Waals surface area contributed by atoms with Crippen LogP contribution >= 0.6 is 0 Å². The summed E-state index contributed by atoms with van der Waals surface area (Å²) < 4.78 is 14.7. The second-order valence-electron chi connectivity index (χ2n) is 11.3. The maximum atomic E-state index is 6.40. The number of ether oxygens (including phenoxy) is 2. The molecule has 0 atom stereocenters. The molecule has 0 N–H and O–H groups in total. The van der Waals surface area contributed by atoms with Crippen LogP contribution in [0, 0.1) is 24.3 Å². The fourth-order valence-corrected chi connectivity index (χ4v) is 5.77. The topological polar surface area (TPSA) is 87.8 Å². The zero-order valence-corrected chi connectivity index (χ0v) is 32.0. The average Bonchev–Trinajstić information content (AvgIpc) is 3.48. The van der Waals surface area contributed by atoms with Crippen LogP contribution in [-0.2, 0) is 55.0 Å². The first-order valence-electron chi connectivity index (χ1n) is 16.0. The molecule has 4 aromatic heterocycles. The van der Waals surface area contributed by atoms with E-state index in [1.165, 1.54) is 12.7 Å². The maximum absolute atomic E-state index is 6.40. The Kier molecular flexibility index (Phi) is 11.1. The summed E-state index contributed by atoms with van der Waals surface area (Å²) in [7, 11) is 0. The molecule has 0 aliphatic carbocycles. The van der Waals surface area contributed by atoms with Gasteiger partial charge in [-0.2, -0.15) is 22.9 Å². The van der Waals surface area contributed by atoms with Gasteiger partial charge >= 0.3 is 42.1 Å². The Morgan fingerprint density at radius 3 is 1.47 bits per heavy atom. The molecule has 4 heterocycles. The van der Waals surface area contributed by atoms with Crippen LogP contribution < -0.4 is 9.47 Å². The average molecular weight is 1030 g/mol. The predicted molar refractivity (Wildman–Crippen MR) is 188 cm³/mol. The molecule has 0 fully saturated rings. The molecule has 8 rings (SSSR count). The van der Waals surface area contributed by atoms with Crippen molar-refractivity contribution in [3.8, 4) is 51.5 Å². The molecule has 4 aromatic carbocycles. The van der Waals surface area contributed by atoms with E-state index < -0.39 is 0 Å². The maximum Gasteiger partial charge on any atom is 2.00 e. The molecule has 0 unspecified atom stereocenters. The van der Waals surface area contributed by atoms with Gasteiger partial charge in [0.25, 0.3) is 0 Å². The minimum Gasteiger partial charge on any atom is -0.503 e. The third-order valence-corrected chi connectivity index (χ3v) is 8.16. The molecule has 8 aromatic rings. The fourth-order valence-electron chi connectivity index (χ4n) is 5.77. The van der Waals surface area contributed by atoms with Crippen molar-refractivity contribution in [2.75, 3.05) is 0 Å². The normalized spacial score (nSPS) is 10.8. The first-order valence-corrected chi connectivity index (χ1v) is 16.0. The number of fused-ring (bicyclic) bond motifs is 3. The summed E-state index contributed by atoms with van der Waals surface area (Å²) in [5.41, 5.74) is 7.07. The van der Waals surface area contributed by atoms with E-state index in [1.807, 2.05) is 77.4 Å². The zero-order valence-electron chi connectivity index (χ0n) is 27.4. The van der Waals surface area contributed by atoms with Crippen LogP contribution in [-0.4, -0.2) is 29.5 Å². The molecule has 0 aliphatic heterocycles. The Hall–Kier alpha value is -5.03. The van der Waals surface area contributed by atoms with E-state index in [1.54, 1.807) is 12.4 Å². The van der Waals surface area contributed by atoms with Crippen molar-refractivity contribution in [1.82, 2.24) is 29.5 Å². The number of aromatic nitrogens is 6. The molecule has 0 saturated heterocycles. The Morgan fingerprint density at radius 1 is 0.549 bits per heavy atom. The molecule has 0 radical (unpaired) electrons. The van der Waals surface area contributed by atoms with Gasteiger partial charge in [0.1, 0.15) is 12.7 Å². The van der Waals surface area contributed by atoms with Gasteiger partial charge in [-0.3, -0.25) is 0 Å². The Balaban J connectivity index is 0.00000224. The molecule has 0 aliphatic rings. The van der Waals surface area contributed by atoms with Crippen molar-refractivity contribution in [3.63, 3.8) is 0 Å². The number of benzene rings is 4. The summed E-state index contributed by atoms with van der Waals surface area (Å²) in [4.78, 5) is 22.0. The van der Waals surface area contributed by atoms with Crippen molar-refractivity contribution < 1.29 is 51.6 Å². The fraction of sp³-hybridized carbons (Fsp3) is 0.0976. The van der Waals surface area contributed by atoms with Crippen molar-refractivity contribution in [3.05, 3.63) is 145 Å². The Morgan fingerprint density at radius 2 is 1.04 bits per heavy atom. The molecule has 0 bridgehead atoms. The smallest absolute Gasteiger partial charge is 0.503 e. The first-order chi connectivity index (χ1) is 24.1. The minimum atomic E-state index is 0. The summed E-state index contributed by atoms with van der Waals surface area (Å²) in [6.07, 6.45) is 8.17. The summed E-state index contributed by atoms with van der Waals surface area (Å²) in [6.45, 7) is 4.22. The molecule has 0 spiro atoms. The molecule has 254 valence electrons. The van der Waals surface area contributed by atoms with Crippen LogP contribution in [0.5, 0.6) is 23.0 Å². The second kappa shape index (κ2) is 15.9. The summed E-state index contributed by atoms with van der Waals surface area (Å²) in [5.74, 6) is 2.62. The van der Waals surface area contributed by atoms with Crippen LogP contribution in [0.3, 0.4) is 0 Å². The number of nitrogens with zero attached hydrogens (tertiary/aromatic N) is 6. The van der Waals surface area contributed by atoms with Crippen LogP contribution in [0.4, 0.5) is 0 Å². The van der Waals surface area contributed by atoms with Gasteiger partial charge in [-0.1, -0.05) is 73.4 Å². The number of pyridine rings is 2. The van der Waals surface area contributed by atoms with Gasteiger partial charge in [0.2, 0.25) is 5.95 Å². The van der Waals surface area contributed by atoms with Crippen molar-refractivity contribution in [2.24, 2.45) is 0 Å². The van der Waals surface area contributed by atoms with Gasteiger partial charge in [0, 0.05) is 35.4 Å². The van der Waals surface area contributed by atoms with Gasteiger partial charge < -0.3 is 24.0 Å².